The molecule has 6 bridgehead atoms. The molecule has 6 heterocycles. The number of hydrogen-bond acceptors (Lipinski definition) is 7. The predicted molar refractivity (Wildman–Crippen MR) is 172 cm³/mol. The number of benzene rings is 4. The van der Waals surface area contributed by atoms with Gasteiger partial charge in [-0.2, -0.15) is 0 Å². The van der Waals surface area contributed by atoms with Crippen molar-refractivity contribution in [2.45, 2.75) is 37.8 Å². The number of nitrogens with zero attached hydrogens (tertiary/aromatic N) is 2. The summed E-state index contributed by atoms with van der Waals surface area (Å²) in [5.41, 5.74) is 6.60. The van der Waals surface area contributed by atoms with Crippen LogP contribution in [0.2, 0.25) is 0 Å². The van der Waals surface area contributed by atoms with Crippen molar-refractivity contribution in [2.75, 3.05) is 48.5 Å². The van der Waals surface area contributed by atoms with E-state index >= 15 is 0 Å². The van der Waals surface area contributed by atoms with Crippen molar-refractivity contribution in [3.63, 3.8) is 0 Å². The van der Waals surface area contributed by atoms with E-state index in [9.17, 15) is 10.2 Å². The zero-order valence-corrected chi connectivity index (χ0v) is 26.6. The SMILES string of the molecule is COc1cc2c3cc1Oc1ccc(cc1O)CC1c4c(cc(OC)c(O)c4Oc4ccc(cc4)CC3N(C)CC2)CC[N+]1(C)C. The number of methoxy groups -OCH3 is 2. The Hall–Kier alpha value is -4.40. The van der Waals surface area contributed by atoms with Gasteiger partial charge in [0.05, 0.1) is 40.4 Å². The van der Waals surface area contributed by atoms with Gasteiger partial charge in [-0.1, -0.05) is 18.2 Å². The van der Waals surface area contributed by atoms with E-state index < -0.39 is 0 Å². The lowest BCUT2D eigenvalue weighted by Gasteiger charge is -2.43. The fourth-order valence-electron chi connectivity index (χ4n) is 7.28. The van der Waals surface area contributed by atoms with Gasteiger partial charge in [0.15, 0.2) is 34.5 Å². The molecule has 45 heavy (non-hydrogen) atoms. The Morgan fingerprint density at radius 2 is 1.53 bits per heavy atom. The molecule has 0 spiro atoms. The van der Waals surface area contributed by atoms with E-state index in [1.165, 1.54) is 16.7 Å². The van der Waals surface area contributed by atoms with E-state index in [1.807, 2.05) is 30.3 Å². The summed E-state index contributed by atoms with van der Waals surface area (Å²) in [5, 5.41) is 22.7. The van der Waals surface area contributed by atoms with E-state index in [-0.39, 0.29) is 23.6 Å². The van der Waals surface area contributed by atoms with Gasteiger partial charge in [0, 0.05) is 25.4 Å². The summed E-state index contributed by atoms with van der Waals surface area (Å²) in [5.74, 6) is 3.13. The second-order valence-corrected chi connectivity index (χ2v) is 13.1. The standard InChI is InChI=1S/C37H40N2O6/c1-38-14-12-24-19-32(42-4)33-21-27(24)28(38)16-22-6-9-26(10-7-22)44-37-35-25(20-34(43-5)36(37)41)13-15-39(2,3)29(35)17-23-8-11-31(45-33)30(40)18-23/h6-11,18-21,28-29H,12-17H2,1-5H3,(H-,40,41)/p+1. The summed E-state index contributed by atoms with van der Waals surface area (Å²) in [6, 6.07) is 19.9. The van der Waals surface area contributed by atoms with Crippen molar-refractivity contribution >= 4 is 0 Å². The van der Waals surface area contributed by atoms with Crippen LogP contribution in [0.25, 0.3) is 0 Å². The van der Waals surface area contributed by atoms with Crippen LogP contribution in [0.1, 0.15) is 45.5 Å². The molecule has 0 saturated heterocycles. The first-order valence-electron chi connectivity index (χ1n) is 15.6. The largest absolute Gasteiger partial charge is 0.504 e. The number of phenolic OH excluding ortho intramolecular Hbond substituents is 2. The third-order valence-electron chi connectivity index (χ3n) is 9.99. The highest BCUT2D eigenvalue weighted by Gasteiger charge is 2.40. The third kappa shape index (κ3) is 5.22. The first-order valence-corrected chi connectivity index (χ1v) is 15.6. The summed E-state index contributed by atoms with van der Waals surface area (Å²) in [6.45, 7) is 1.83. The lowest BCUT2D eigenvalue weighted by molar-refractivity contribution is -0.923. The van der Waals surface area contributed by atoms with E-state index in [1.54, 1.807) is 20.3 Å². The first kappa shape index (κ1) is 29.3. The molecule has 6 aliphatic heterocycles. The van der Waals surface area contributed by atoms with Crippen molar-refractivity contribution in [1.29, 1.82) is 0 Å². The molecule has 8 nitrogen and oxygen atoms in total. The average molecular weight is 610 g/mol. The molecule has 0 radical (unpaired) electrons. The second kappa shape index (κ2) is 11.2. The topological polar surface area (TPSA) is 80.6 Å². The van der Waals surface area contributed by atoms with Crippen LogP contribution in [-0.2, 0) is 25.7 Å². The lowest BCUT2D eigenvalue weighted by atomic mass is 9.86. The van der Waals surface area contributed by atoms with Gasteiger partial charge in [-0.05, 0) is 90.2 Å². The van der Waals surface area contributed by atoms with Crippen LogP contribution in [0.5, 0.6) is 46.0 Å². The van der Waals surface area contributed by atoms with Crippen molar-refractivity contribution in [2.24, 2.45) is 0 Å². The van der Waals surface area contributed by atoms with Gasteiger partial charge in [0.2, 0.25) is 5.75 Å². The molecule has 0 saturated carbocycles. The lowest BCUT2D eigenvalue weighted by Crippen LogP contribution is -2.48. The number of rotatable bonds is 2. The van der Waals surface area contributed by atoms with Crippen molar-refractivity contribution in [1.82, 2.24) is 4.90 Å². The Bertz CT molecular complexity index is 1770. The van der Waals surface area contributed by atoms with Gasteiger partial charge < -0.3 is 33.6 Å². The maximum Gasteiger partial charge on any atom is 0.201 e. The molecule has 2 N–H and O–H groups in total. The number of hydrogen-bond donors (Lipinski definition) is 2. The van der Waals surface area contributed by atoms with Crippen LogP contribution in [0, 0.1) is 0 Å². The molecule has 0 fully saturated rings. The van der Waals surface area contributed by atoms with Gasteiger partial charge >= 0.3 is 0 Å². The molecule has 8 heteroatoms. The Morgan fingerprint density at radius 1 is 0.800 bits per heavy atom. The highest BCUT2D eigenvalue weighted by Crippen LogP contribution is 2.51. The molecule has 4 aromatic rings. The summed E-state index contributed by atoms with van der Waals surface area (Å²) < 4.78 is 25.0. The van der Waals surface area contributed by atoms with Crippen LogP contribution in [0.4, 0.5) is 0 Å². The minimum Gasteiger partial charge on any atom is -0.504 e. The molecular formula is C37H41N2O6+. The zero-order chi connectivity index (χ0) is 31.5. The number of quaternary nitrogens is 1. The maximum atomic E-state index is 11.5. The summed E-state index contributed by atoms with van der Waals surface area (Å²) in [7, 11) is 9.78. The van der Waals surface area contributed by atoms with E-state index in [0.717, 1.165) is 49.0 Å². The summed E-state index contributed by atoms with van der Waals surface area (Å²) in [4.78, 5) is 2.37. The van der Waals surface area contributed by atoms with Gasteiger partial charge in [0.25, 0.3) is 0 Å². The van der Waals surface area contributed by atoms with Crippen molar-refractivity contribution in [3.8, 4) is 46.0 Å². The third-order valence-corrected chi connectivity index (χ3v) is 9.99. The molecule has 0 aromatic heterocycles. The fraction of sp³-hybridized carbons (Fsp3) is 0.351. The molecular weight excluding hydrogens is 568 g/mol. The molecule has 234 valence electrons. The van der Waals surface area contributed by atoms with Crippen LogP contribution >= 0.6 is 0 Å². The van der Waals surface area contributed by atoms with Gasteiger partial charge in [0.1, 0.15) is 11.8 Å². The molecule has 0 amide bonds. The Kier molecular flexibility index (Phi) is 7.29. The zero-order valence-electron chi connectivity index (χ0n) is 26.6. The molecule has 2 atom stereocenters. The fourth-order valence-corrected chi connectivity index (χ4v) is 7.28. The maximum absolute atomic E-state index is 11.5. The number of likely N-dealkylation sites (N-methyl/N-ethyl adjacent to an activating group) is 2. The summed E-state index contributed by atoms with van der Waals surface area (Å²) in [6.07, 6.45) is 3.14. The van der Waals surface area contributed by atoms with E-state index in [2.05, 4.69) is 50.3 Å². The monoisotopic (exact) mass is 609 g/mol. The van der Waals surface area contributed by atoms with Crippen LogP contribution in [0.3, 0.4) is 0 Å². The molecule has 6 aliphatic rings. The van der Waals surface area contributed by atoms with E-state index in [4.69, 9.17) is 18.9 Å². The van der Waals surface area contributed by atoms with Gasteiger partial charge in [-0.3, -0.25) is 4.90 Å². The number of aromatic hydroxyl groups is 2. The summed E-state index contributed by atoms with van der Waals surface area (Å²) >= 11 is 0. The number of ether oxygens (including phenoxy) is 4. The Balaban J connectivity index is 1.41. The second-order valence-electron chi connectivity index (χ2n) is 13.1. The highest BCUT2D eigenvalue weighted by molar-refractivity contribution is 5.61. The van der Waals surface area contributed by atoms with Crippen LogP contribution < -0.4 is 18.9 Å². The molecule has 2 unspecified atom stereocenters. The minimum atomic E-state index is -0.0545. The number of phenols is 2. The van der Waals surface area contributed by atoms with Gasteiger partial charge in [-0.25, -0.2) is 0 Å². The van der Waals surface area contributed by atoms with Crippen LogP contribution in [-0.4, -0.2) is 68.0 Å². The smallest absolute Gasteiger partial charge is 0.201 e. The van der Waals surface area contributed by atoms with Crippen molar-refractivity contribution < 1.29 is 33.6 Å². The minimum absolute atomic E-state index is 0.00528. The van der Waals surface area contributed by atoms with Gasteiger partial charge in [-0.15, -0.1) is 0 Å². The molecule has 10 rings (SSSR count). The first-order chi connectivity index (χ1) is 21.6. The average Bonchev–Trinajstić information content (AvgIpc) is 3.02. The Labute approximate surface area is 264 Å². The molecule has 4 aromatic carbocycles. The quantitative estimate of drug-likeness (QED) is 0.245. The van der Waals surface area contributed by atoms with Crippen molar-refractivity contribution in [3.05, 3.63) is 94.0 Å². The predicted octanol–water partition coefficient (Wildman–Crippen LogP) is 6.70. The van der Waals surface area contributed by atoms with E-state index in [0.29, 0.717) is 45.4 Å². The molecule has 0 aliphatic carbocycles. The van der Waals surface area contributed by atoms with Crippen LogP contribution in [0.15, 0.2) is 60.7 Å². The normalized spacial score (nSPS) is 20.2. The highest BCUT2D eigenvalue weighted by atomic mass is 16.5. The Morgan fingerprint density at radius 3 is 2.27 bits per heavy atom.